The molecule has 0 aliphatic carbocycles. The monoisotopic (exact) mass is 490 g/mol. The van der Waals surface area contributed by atoms with E-state index in [0.717, 1.165) is 5.56 Å². The van der Waals surface area contributed by atoms with Crippen molar-refractivity contribution in [3.05, 3.63) is 46.8 Å². The summed E-state index contributed by atoms with van der Waals surface area (Å²) in [5.74, 6) is -0.116. The number of fused-ring (bicyclic) bond motifs is 1. The van der Waals surface area contributed by atoms with Crippen LogP contribution < -0.4 is 4.90 Å². The molecule has 0 bridgehead atoms. The summed E-state index contributed by atoms with van der Waals surface area (Å²) >= 11 is 12.5. The predicted molar refractivity (Wildman–Crippen MR) is 128 cm³/mol. The largest absolute Gasteiger partial charge is 0.443 e. The number of halogens is 2. The summed E-state index contributed by atoms with van der Waals surface area (Å²) in [6, 6.07) is 8.72. The standard InChI is InChI=1S/C23H24Cl2N4O4/c1-22(2,3)32-20(30)29(21(31)33-23(4,5)6)19-18-17(26-12-27-19)15(11-16(25)28-18)13-8-7-9-14(24)10-13/h7-12H,1-6H3. The number of amides is 2. The number of carbonyl (C=O) groups is 2. The molecule has 0 saturated carbocycles. The molecule has 0 spiro atoms. The third kappa shape index (κ3) is 6.09. The molecule has 2 aromatic heterocycles. The molecule has 0 atom stereocenters. The number of aromatic nitrogens is 3. The zero-order valence-corrected chi connectivity index (χ0v) is 20.7. The van der Waals surface area contributed by atoms with Gasteiger partial charge in [0.2, 0.25) is 0 Å². The number of nitrogens with zero attached hydrogens (tertiary/aromatic N) is 4. The molecule has 8 nitrogen and oxygen atoms in total. The molecule has 0 unspecified atom stereocenters. The van der Waals surface area contributed by atoms with Gasteiger partial charge in [0.1, 0.15) is 33.7 Å². The molecule has 0 saturated heterocycles. The first kappa shape index (κ1) is 24.7. The fourth-order valence-corrected chi connectivity index (χ4v) is 3.28. The summed E-state index contributed by atoms with van der Waals surface area (Å²) in [7, 11) is 0. The molecular weight excluding hydrogens is 467 g/mol. The average molecular weight is 491 g/mol. The molecule has 1 aromatic carbocycles. The Hall–Kier alpha value is -2.97. The van der Waals surface area contributed by atoms with E-state index in [1.165, 1.54) is 6.33 Å². The van der Waals surface area contributed by atoms with Crippen molar-refractivity contribution in [2.75, 3.05) is 4.90 Å². The molecule has 0 aliphatic rings. The van der Waals surface area contributed by atoms with Gasteiger partial charge in [-0.25, -0.2) is 24.5 Å². The van der Waals surface area contributed by atoms with Crippen LogP contribution in [-0.2, 0) is 9.47 Å². The average Bonchev–Trinajstić information content (AvgIpc) is 2.65. The van der Waals surface area contributed by atoms with Gasteiger partial charge in [0, 0.05) is 10.6 Å². The van der Waals surface area contributed by atoms with E-state index in [2.05, 4.69) is 15.0 Å². The number of anilines is 1. The minimum atomic E-state index is -0.970. The highest BCUT2D eigenvalue weighted by Crippen LogP contribution is 2.34. The molecule has 10 heteroatoms. The van der Waals surface area contributed by atoms with Gasteiger partial charge in [-0.2, -0.15) is 4.90 Å². The Bertz CT molecular complexity index is 1190. The lowest BCUT2D eigenvalue weighted by molar-refractivity contribution is 0.0429. The maximum Gasteiger partial charge on any atom is 0.425 e. The van der Waals surface area contributed by atoms with Crippen LogP contribution in [0.4, 0.5) is 15.4 Å². The molecular formula is C23H24Cl2N4O4. The van der Waals surface area contributed by atoms with E-state index in [4.69, 9.17) is 32.7 Å². The maximum absolute atomic E-state index is 13.1. The Morgan fingerprint density at radius 1 is 0.879 bits per heavy atom. The van der Waals surface area contributed by atoms with Crippen molar-refractivity contribution < 1.29 is 19.1 Å². The molecule has 0 radical (unpaired) electrons. The summed E-state index contributed by atoms with van der Waals surface area (Å²) in [5.41, 5.74) is 0.0569. The Morgan fingerprint density at radius 2 is 1.48 bits per heavy atom. The topological polar surface area (TPSA) is 94.5 Å². The van der Waals surface area contributed by atoms with E-state index in [1.807, 2.05) is 6.07 Å². The Morgan fingerprint density at radius 3 is 2.03 bits per heavy atom. The lowest BCUT2D eigenvalue weighted by atomic mass is 10.1. The molecule has 2 amide bonds. The second-order valence-corrected chi connectivity index (χ2v) is 10.0. The lowest BCUT2D eigenvalue weighted by Crippen LogP contribution is -2.44. The number of pyridine rings is 1. The number of carbonyl (C=O) groups excluding carboxylic acids is 2. The van der Waals surface area contributed by atoms with Gasteiger partial charge < -0.3 is 9.47 Å². The molecule has 3 rings (SSSR count). The summed E-state index contributed by atoms with van der Waals surface area (Å²) in [4.78, 5) is 39.7. The first-order valence-electron chi connectivity index (χ1n) is 10.1. The molecule has 174 valence electrons. The zero-order chi connectivity index (χ0) is 24.6. The summed E-state index contributed by atoms with van der Waals surface area (Å²) < 4.78 is 10.9. The van der Waals surface area contributed by atoms with Crippen LogP contribution >= 0.6 is 23.2 Å². The lowest BCUT2D eigenvalue weighted by Gasteiger charge is -2.28. The first-order valence-corrected chi connectivity index (χ1v) is 10.8. The Balaban J connectivity index is 2.25. The van der Waals surface area contributed by atoms with E-state index < -0.39 is 23.4 Å². The summed E-state index contributed by atoms with van der Waals surface area (Å²) in [6.07, 6.45) is -0.714. The molecule has 0 fully saturated rings. The highest BCUT2D eigenvalue weighted by molar-refractivity contribution is 6.31. The van der Waals surface area contributed by atoms with Crippen LogP contribution in [0.2, 0.25) is 10.2 Å². The smallest absolute Gasteiger partial charge is 0.425 e. The van der Waals surface area contributed by atoms with Crippen molar-refractivity contribution in [3.8, 4) is 11.1 Å². The van der Waals surface area contributed by atoms with Crippen LogP contribution in [0.25, 0.3) is 22.2 Å². The maximum atomic E-state index is 13.1. The van der Waals surface area contributed by atoms with Gasteiger partial charge in [0.15, 0.2) is 5.82 Å². The van der Waals surface area contributed by atoms with E-state index >= 15 is 0 Å². The van der Waals surface area contributed by atoms with Gasteiger partial charge >= 0.3 is 12.2 Å². The normalized spacial score (nSPS) is 11.9. The number of hydrogen-bond donors (Lipinski definition) is 0. The quantitative estimate of drug-likeness (QED) is 0.369. The highest BCUT2D eigenvalue weighted by Gasteiger charge is 2.35. The van der Waals surface area contributed by atoms with E-state index in [9.17, 15) is 9.59 Å². The minimum Gasteiger partial charge on any atom is -0.443 e. The molecule has 0 aliphatic heterocycles. The van der Waals surface area contributed by atoms with Gasteiger partial charge in [-0.15, -0.1) is 0 Å². The Labute approximate surface area is 201 Å². The van der Waals surface area contributed by atoms with Crippen LogP contribution in [0.3, 0.4) is 0 Å². The molecule has 3 aromatic rings. The van der Waals surface area contributed by atoms with E-state index in [0.29, 0.717) is 21.0 Å². The summed E-state index contributed by atoms with van der Waals surface area (Å²) in [6.45, 7) is 10.1. The van der Waals surface area contributed by atoms with Crippen molar-refractivity contribution in [2.24, 2.45) is 0 Å². The zero-order valence-electron chi connectivity index (χ0n) is 19.1. The first-order chi connectivity index (χ1) is 15.2. The van der Waals surface area contributed by atoms with Crippen LogP contribution in [-0.4, -0.2) is 38.3 Å². The van der Waals surface area contributed by atoms with Gasteiger partial charge in [0.05, 0.1) is 0 Å². The van der Waals surface area contributed by atoms with Gasteiger partial charge in [-0.3, -0.25) is 0 Å². The van der Waals surface area contributed by atoms with Crippen molar-refractivity contribution in [1.29, 1.82) is 0 Å². The molecule has 2 heterocycles. The third-order valence-corrected chi connectivity index (χ3v) is 4.47. The summed E-state index contributed by atoms with van der Waals surface area (Å²) in [5, 5.41) is 0.633. The molecule has 33 heavy (non-hydrogen) atoms. The van der Waals surface area contributed by atoms with Crippen molar-refractivity contribution in [3.63, 3.8) is 0 Å². The van der Waals surface area contributed by atoms with Crippen molar-refractivity contribution in [1.82, 2.24) is 15.0 Å². The SMILES string of the molecule is CC(C)(C)OC(=O)N(C(=O)OC(C)(C)C)c1ncnc2c(-c3cccc(Cl)c3)cc(Cl)nc12. The van der Waals surface area contributed by atoms with Gasteiger partial charge in [-0.05, 0) is 65.3 Å². The third-order valence-electron chi connectivity index (χ3n) is 4.04. The number of ether oxygens (including phenoxy) is 2. The van der Waals surface area contributed by atoms with Crippen LogP contribution in [0.1, 0.15) is 41.5 Å². The van der Waals surface area contributed by atoms with E-state index in [1.54, 1.807) is 65.8 Å². The number of rotatable bonds is 2. The second kappa shape index (κ2) is 9.11. The van der Waals surface area contributed by atoms with Crippen LogP contribution in [0.5, 0.6) is 0 Å². The number of imide groups is 1. The number of hydrogen-bond acceptors (Lipinski definition) is 7. The van der Waals surface area contributed by atoms with Crippen molar-refractivity contribution >= 4 is 52.2 Å². The van der Waals surface area contributed by atoms with Gasteiger partial charge in [-0.1, -0.05) is 35.3 Å². The van der Waals surface area contributed by atoms with Crippen LogP contribution in [0.15, 0.2) is 36.7 Å². The second-order valence-electron chi connectivity index (χ2n) is 9.19. The fraction of sp³-hybridized carbons (Fsp3) is 0.348. The fourth-order valence-electron chi connectivity index (χ4n) is 2.90. The molecule has 0 N–H and O–H groups in total. The Kier molecular flexibility index (Phi) is 6.81. The predicted octanol–water partition coefficient (Wildman–Crippen LogP) is 6.68. The van der Waals surface area contributed by atoms with Crippen LogP contribution in [0, 0.1) is 0 Å². The number of benzene rings is 1. The van der Waals surface area contributed by atoms with E-state index in [-0.39, 0.29) is 16.5 Å². The highest BCUT2D eigenvalue weighted by atomic mass is 35.5. The minimum absolute atomic E-state index is 0.113. The van der Waals surface area contributed by atoms with Crippen molar-refractivity contribution in [2.45, 2.75) is 52.7 Å². The van der Waals surface area contributed by atoms with Gasteiger partial charge in [0.25, 0.3) is 0 Å².